The number of nitrogens with zero attached hydrogens (tertiary/aromatic N) is 3. The highest BCUT2D eigenvalue weighted by molar-refractivity contribution is 6.32. The van der Waals surface area contributed by atoms with Gasteiger partial charge >= 0.3 is 0 Å². The van der Waals surface area contributed by atoms with Gasteiger partial charge in [0.05, 0.1) is 31.0 Å². The van der Waals surface area contributed by atoms with Gasteiger partial charge in [0.25, 0.3) is 5.56 Å². The Hall–Kier alpha value is -3.32. The van der Waals surface area contributed by atoms with E-state index < -0.39 is 5.82 Å². The van der Waals surface area contributed by atoms with Gasteiger partial charge in [-0.2, -0.15) is 5.10 Å². The molecule has 4 aromatic rings. The normalized spacial score (nSPS) is 11.1. The first-order valence-electron chi connectivity index (χ1n) is 9.34. The number of benzene rings is 2. The van der Waals surface area contributed by atoms with E-state index in [9.17, 15) is 9.18 Å². The van der Waals surface area contributed by atoms with Gasteiger partial charge in [-0.1, -0.05) is 17.7 Å². The molecule has 8 heteroatoms. The standard InChI is InChI=1S/C22H19ClFN3O3/c1-3-30-20-7-5-15(11-16(20)23)18-12-19-22(28)26(8-9-27(19)25-18)13-14-4-6-21(29-2)17(24)10-14/h4-12H,3,13H2,1-2H3. The van der Waals surface area contributed by atoms with Crippen LogP contribution in [0, 0.1) is 5.82 Å². The maximum Gasteiger partial charge on any atom is 0.276 e. The molecule has 30 heavy (non-hydrogen) atoms. The van der Waals surface area contributed by atoms with Crippen LogP contribution in [-0.4, -0.2) is 27.9 Å². The molecule has 0 spiro atoms. The highest BCUT2D eigenvalue weighted by atomic mass is 35.5. The Labute approximate surface area is 177 Å². The summed E-state index contributed by atoms with van der Waals surface area (Å²) in [5.41, 5.74) is 2.22. The monoisotopic (exact) mass is 427 g/mol. The second kappa shape index (κ2) is 8.20. The van der Waals surface area contributed by atoms with Crippen molar-refractivity contribution in [2.75, 3.05) is 13.7 Å². The topological polar surface area (TPSA) is 57.8 Å². The second-order valence-electron chi connectivity index (χ2n) is 6.64. The van der Waals surface area contributed by atoms with Crippen LogP contribution in [0.25, 0.3) is 16.8 Å². The summed E-state index contributed by atoms with van der Waals surface area (Å²) in [5.74, 6) is 0.292. The maximum atomic E-state index is 14.0. The number of hydrogen-bond donors (Lipinski definition) is 0. The van der Waals surface area contributed by atoms with Gasteiger partial charge in [0.1, 0.15) is 11.3 Å². The number of fused-ring (bicyclic) bond motifs is 1. The molecule has 0 aliphatic heterocycles. The van der Waals surface area contributed by atoms with Gasteiger partial charge in [-0.05, 0) is 48.9 Å². The minimum Gasteiger partial charge on any atom is -0.494 e. The van der Waals surface area contributed by atoms with Crippen LogP contribution in [0.2, 0.25) is 5.02 Å². The van der Waals surface area contributed by atoms with Crippen molar-refractivity contribution < 1.29 is 13.9 Å². The third kappa shape index (κ3) is 3.76. The second-order valence-corrected chi connectivity index (χ2v) is 7.04. The molecule has 0 amide bonds. The predicted molar refractivity (Wildman–Crippen MR) is 113 cm³/mol. The first kappa shape index (κ1) is 20.0. The average Bonchev–Trinajstić information content (AvgIpc) is 3.17. The van der Waals surface area contributed by atoms with Crippen LogP contribution in [-0.2, 0) is 6.54 Å². The molecular weight excluding hydrogens is 409 g/mol. The van der Waals surface area contributed by atoms with Crippen molar-refractivity contribution in [1.82, 2.24) is 14.2 Å². The molecule has 0 bridgehead atoms. The average molecular weight is 428 g/mol. The van der Waals surface area contributed by atoms with Crippen molar-refractivity contribution in [2.45, 2.75) is 13.5 Å². The van der Waals surface area contributed by atoms with Crippen LogP contribution in [0.1, 0.15) is 12.5 Å². The van der Waals surface area contributed by atoms with Gasteiger partial charge in [0.15, 0.2) is 11.6 Å². The quantitative estimate of drug-likeness (QED) is 0.457. The van der Waals surface area contributed by atoms with E-state index in [1.807, 2.05) is 13.0 Å². The molecule has 0 aliphatic carbocycles. The van der Waals surface area contributed by atoms with E-state index in [1.54, 1.807) is 42.7 Å². The van der Waals surface area contributed by atoms with Crippen LogP contribution >= 0.6 is 11.6 Å². The first-order chi connectivity index (χ1) is 14.5. The van der Waals surface area contributed by atoms with E-state index in [0.717, 1.165) is 5.56 Å². The number of hydrogen-bond acceptors (Lipinski definition) is 4. The van der Waals surface area contributed by atoms with E-state index in [-0.39, 0.29) is 17.9 Å². The summed E-state index contributed by atoms with van der Waals surface area (Å²) >= 11 is 6.27. The summed E-state index contributed by atoms with van der Waals surface area (Å²) in [4.78, 5) is 12.9. The zero-order chi connectivity index (χ0) is 21.3. The molecule has 2 heterocycles. The Morgan fingerprint density at radius 1 is 1.10 bits per heavy atom. The lowest BCUT2D eigenvalue weighted by molar-refractivity contribution is 0.340. The van der Waals surface area contributed by atoms with E-state index in [1.165, 1.54) is 22.3 Å². The molecule has 2 aromatic heterocycles. The Balaban J connectivity index is 1.68. The molecule has 4 rings (SSSR count). The van der Waals surface area contributed by atoms with E-state index in [0.29, 0.717) is 34.2 Å². The summed E-state index contributed by atoms with van der Waals surface area (Å²) in [5, 5.41) is 4.95. The smallest absolute Gasteiger partial charge is 0.276 e. The minimum absolute atomic E-state index is 0.163. The third-order valence-corrected chi connectivity index (χ3v) is 5.00. The van der Waals surface area contributed by atoms with Crippen molar-refractivity contribution in [3.05, 3.63) is 81.6 Å². The lowest BCUT2D eigenvalue weighted by Gasteiger charge is -2.08. The molecule has 0 saturated carbocycles. The van der Waals surface area contributed by atoms with Gasteiger partial charge in [0, 0.05) is 18.0 Å². The number of rotatable bonds is 6. The van der Waals surface area contributed by atoms with Crippen LogP contribution < -0.4 is 15.0 Å². The van der Waals surface area contributed by atoms with Crippen molar-refractivity contribution in [2.24, 2.45) is 0 Å². The molecule has 0 unspecified atom stereocenters. The van der Waals surface area contributed by atoms with Crippen molar-refractivity contribution >= 4 is 17.1 Å². The summed E-state index contributed by atoms with van der Waals surface area (Å²) < 4.78 is 27.4. The Morgan fingerprint density at radius 3 is 2.60 bits per heavy atom. The molecular formula is C22H19ClFN3O3. The number of ether oxygens (including phenoxy) is 2. The third-order valence-electron chi connectivity index (χ3n) is 4.70. The van der Waals surface area contributed by atoms with Gasteiger partial charge in [-0.25, -0.2) is 8.91 Å². The lowest BCUT2D eigenvalue weighted by Crippen LogP contribution is -2.21. The van der Waals surface area contributed by atoms with Crippen LogP contribution in [0.4, 0.5) is 4.39 Å². The Kier molecular flexibility index (Phi) is 5.46. The Morgan fingerprint density at radius 2 is 1.90 bits per heavy atom. The molecule has 6 nitrogen and oxygen atoms in total. The van der Waals surface area contributed by atoms with Crippen molar-refractivity contribution in [1.29, 1.82) is 0 Å². The molecule has 0 fully saturated rings. The van der Waals surface area contributed by atoms with Gasteiger partial charge in [-0.15, -0.1) is 0 Å². The highest BCUT2D eigenvalue weighted by Crippen LogP contribution is 2.30. The molecule has 0 radical (unpaired) electrons. The summed E-state index contributed by atoms with van der Waals surface area (Å²) in [6.07, 6.45) is 3.32. The summed E-state index contributed by atoms with van der Waals surface area (Å²) in [7, 11) is 1.41. The molecule has 0 N–H and O–H groups in total. The van der Waals surface area contributed by atoms with Crippen molar-refractivity contribution in [3.63, 3.8) is 0 Å². The first-order valence-corrected chi connectivity index (χ1v) is 9.72. The molecule has 0 aliphatic rings. The van der Waals surface area contributed by atoms with Crippen LogP contribution in [0.5, 0.6) is 11.5 Å². The van der Waals surface area contributed by atoms with E-state index in [2.05, 4.69) is 5.10 Å². The maximum absolute atomic E-state index is 14.0. The summed E-state index contributed by atoms with van der Waals surface area (Å²) in [6, 6.07) is 11.7. The summed E-state index contributed by atoms with van der Waals surface area (Å²) in [6.45, 7) is 2.63. The number of methoxy groups -OCH3 is 1. The molecule has 154 valence electrons. The molecule has 0 atom stereocenters. The van der Waals surface area contributed by atoms with E-state index >= 15 is 0 Å². The van der Waals surface area contributed by atoms with Crippen LogP contribution in [0.15, 0.2) is 59.7 Å². The molecule has 2 aromatic carbocycles. The van der Waals surface area contributed by atoms with Gasteiger partial charge in [-0.3, -0.25) is 4.79 Å². The zero-order valence-electron chi connectivity index (χ0n) is 16.4. The fraction of sp³-hybridized carbons (Fsp3) is 0.182. The number of halogens is 2. The SMILES string of the molecule is CCOc1ccc(-c2cc3c(=O)n(Cc4ccc(OC)c(F)c4)ccn3n2)cc1Cl. The Bertz CT molecular complexity index is 1280. The van der Waals surface area contributed by atoms with Gasteiger partial charge in [0.2, 0.25) is 0 Å². The fourth-order valence-electron chi connectivity index (χ4n) is 3.23. The van der Waals surface area contributed by atoms with Crippen molar-refractivity contribution in [3.8, 4) is 22.8 Å². The number of aromatic nitrogens is 3. The van der Waals surface area contributed by atoms with Crippen LogP contribution in [0.3, 0.4) is 0 Å². The fourth-order valence-corrected chi connectivity index (χ4v) is 3.46. The lowest BCUT2D eigenvalue weighted by atomic mass is 10.1. The largest absolute Gasteiger partial charge is 0.494 e. The van der Waals surface area contributed by atoms with E-state index in [4.69, 9.17) is 21.1 Å². The predicted octanol–water partition coefficient (Wildman–Crippen LogP) is 4.41. The van der Waals surface area contributed by atoms with Gasteiger partial charge < -0.3 is 14.0 Å². The highest BCUT2D eigenvalue weighted by Gasteiger charge is 2.12. The zero-order valence-corrected chi connectivity index (χ0v) is 17.2. The molecule has 0 saturated heterocycles. The minimum atomic E-state index is -0.469.